The van der Waals surface area contributed by atoms with Crippen molar-refractivity contribution in [1.29, 1.82) is 0 Å². The summed E-state index contributed by atoms with van der Waals surface area (Å²) in [6, 6.07) is 8.27. The van der Waals surface area contributed by atoms with E-state index >= 15 is 0 Å². The molecule has 2 amide bonds. The molecular weight excluding hydrogens is 262 g/mol. The van der Waals surface area contributed by atoms with E-state index in [9.17, 15) is 4.79 Å². The number of likely N-dealkylation sites (tertiary alicyclic amines) is 1. The van der Waals surface area contributed by atoms with Gasteiger partial charge in [0.15, 0.2) is 0 Å². The van der Waals surface area contributed by atoms with Crippen LogP contribution in [0.2, 0.25) is 0 Å². The molecule has 4 heteroatoms. The van der Waals surface area contributed by atoms with Crippen LogP contribution in [0.1, 0.15) is 37.8 Å². The maximum atomic E-state index is 12.7. The van der Waals surface area contributed by atoms with Crippen molar-refractivity contribution in [2.75, 3.05) is 19.6 Å². The Balaban J connectivity index is 2.06. The number of hydrogen-bond donors (Lipinski definition) is 1. The molecule has 0 aliphatic carbocycles. The Morgan fingerprint density at radius 3 is 2.71 bits per heavy atom. The van der Waals surface area contributed by atoms with E-state index in [1.807, 2.05) is 34.9 Å². The number of nitrogens with two attached hydrogens (primary N) is 1. The van der Waals surface area contributed by atoms with Gasteiger partial charge in [-0.05, 0) is 36.8 Å². The van der Waals surface area contributed by atoms with Crippen molar-refractivity contribution in [3.63, 3.8) is 0 Å². The second-order valence-electron chi connectivity index (χ2n) is 5.96. The predicted molar refractivity (Wildman–Crippen MR) is 85.8 cm³/mol. The second-order valence-corrected chi connectivity index (χ2v) is 5.96. The van der Waals surface area contributed by atoms with Crippen molar-refractivity contribution in [1.82, 2.24) is 9.80 Å². The monoisotopic (exact) mass is 289 g/mol. The minimum atomic E-state index is 0.163. The Labute approximate surface area is 127 Å². The summed E-state index contributed by atoms with van der Waals surface area (Å²) in [5, 5.41) is 0. The van der Waals surface area contributed by atoms with Gasteiger partial charge in [-0.25, -0.2) is 4.79 Å². The molecule has 1 unspecified atom stereocenters. The van der Waals surface area contributed by atoms with Crippen molar-refractivity contribution < 1.29 is 4.79 Å². The Bertz CT molecular complexity index is 475. The highest BCUT2D eigenvalue weighted by molar-refractivity contribution is 5.74. The van der Waals surface area contributed by atoms with Gasteiger partial charge < -0.3 is 15.5 Å². The number of piperidine rings is 1. The van der Waals surface area contributed by atoms with Crippen LogP contribution < -0.4 is 5.73 Å². The zero-order valence-electron chi connectivity index (χ0n) is 13.2. The molecule has 1 aromatic carbocycles. The number of carbonyl (C=O) groups is 1. The van der Waals surface area contributed by atoms with E-state index < -0.39 is 0 Å². The average molecular weight is 289 g/mol. The van der Waals surface area contributed by atoms with E-state index in [4.69, 9.17) is 5.73 Å². The molecule has 0 spiro atoms. The van der Waals surface area contributed by atoms with Crippen LogP contribution in [0.3, 0.4) is 0 Å². The SMILES string of the molecule is CCN(Cc1ccccc1CN)C(=O)N1CCCC(C)C1. The zero-order chi connectivity index (χ0) is 15.2. The molecule has 116 valence electrons. The van der Waals surface area contributed by atoms with E-state index in [1.165, 1.54) is 6.42 Å². The van der Waals surface area contributed by atoms with Crippen LogP contribution in [-0.4, -0.2) is 35.5 Å². The molecule has 1 aliphatic rings. The van der Waals surface area contributed by atoms with Crippen LogP contribution in [0.15, 0.2) is 24.3 Å². The lowest BCUT2D eigenvalue weighted by atomic mass is 10.0. The number of hydrogen-bond acceptors (Lipinski definition) is 2. The first-order chi connectivity index (χ1) is 10.2. The number of urea groups is 1. The summed E-state index contributed by atoms with van der Waals surface area (Å²) in [6.45, 7) is 7.92. The van der Waals surface area contributed by atoms with Crippen molar-refractivity contribution in [3.05, 3.63) is 35.4 Å². The highest BCUT2D eigenvalue weighted by Gasteiger charge is 2.24. The van der Waals surface area contributed by atoms with E-state index in [0.29, 0.717) is 19.0 Å². The highest BCUT2D eigenvalue weighted by atomic mass is 16.2. The molecule has 2 N–H and O–H groups in total. The Morgan fingerprint density at radius 1 is 1.38 bits per heavy atom. The average Bonchev–Trinajstić information content (AvgIpc) is 2.52. The van der Waals surface area contributed by atoms with Crippen LogP contribution in [0, 0.1) is 5.92 Å². The van der Waals surface area contributed by atoms with Crippen LogP contribution in [0.4, 0.5) is 4.79 Å². The molecule has 1 fully saturated rings. The summed E-state index contributed by atoms with van der Waals surface area (Å²) < 4.78 is 0. The number of benzene rings is 1. The molecule has 21 heavy (non-hydrogen) atoms. The maximum absolute atomic E-state index is 12.7. The molecule has 0 radical (unpaired) electrons. The normalized spacial score (nSPS) is 18.6. The third-order valence-electron chi connectivity index (χ3n) is 4.28. The molecule has 0 saturated carbocycles. The van der Waals surface area contributed by atoms with Gasteiger partial charge in [0.05, 0.1) is 0 Å². The summed E-state index contributed by atoms with van der Waals surface area (Å²) in [5.74, 6) is 0.609. The van der Waals surface area contributed by atoms with E-state index in [-0.39, 0.29) is 6.03 Å². The summed E-state index contributed by atoms with van der Waals surface area (Å²) in [7, 11) is 0. The predicted octanol–water partition coefficient (Wildman–Crippen LogP) is 2.82. The van der Waals surface area contributed by atoms with Gasteiger partial charge >= 0.3 is 6.03 Å². The van der Waals surface area contributed by atoms with Gasteiger partial charge in [0.25, 0.3) is 0 Å². The molecule has 1 atom stereocenters. The summed E-state index contributed by atoms with van der Waals surface area (Å²) in [6.07, 6.45) is 2.34. The first-order valence-corrected chi connectivity index (χ1v) is 7.96. The fourth-order valence-electron chi connectivity index (χ4n) is 2.99. The maximum Gasteiger partial charge on any atom is 0.320 e. The minimum absolute atomic E-state index is 0.163. The topological polar surface area (TPSA) is 49.6 Å². The Kier molecular flexibility index (Phi) is 5.62. The minimum Gasteiger partial charge on any atom is -0.326 e. The molecule has 1 saturated heterocycles. The molecule has 1 aliphatic heterocycles. The number of rotatable bonds is 4. The third-order valence-corrected chi connectivity index (χ3v) is 4.28. The fourth-order valence-corrected chi connectivity index (χ4v) is 2.99. The van der Waals surface area contributed by atoms with E-state index in [0.717, 1.165) is 37.2 Å². The third kappa shape index (κ3) is 3.97. The molecule has 2 rings (SSSR count). The van der Waals surface area contributed by atoms with Crippen molar-refractivity contribution in [3.8, 4) is 0 Å². The lowest BCUT2D eigenvalue weighted by Gasteiger charge is -2.35. The molecule has 1 heterocycles. The Morgan fingerprint density at radius 2 is 2.10 bits per heavy atom. The van der Waals surface area contributed by atoms with Gasteiger partial charge in [0.1, 0.15) is 0 Å². The molecule has 0 aromatic heterocycles. The zero-order valence-corrected chi connectivity index (χ0v) is 13.2. The van der Waals surface area contributed by atoms with Crippen molar-refractivity contribution >= 4 is 6.03 Å². The van der Waals surface area contributed by atoms with Crippen LogP contribution in [-0.2, 0) is 13.1 Å². The summed E-state index contributed by atoms with van der Waals surface area (Å²) in [4.78, 5) is 16.6. The van der Waals surface area contributed by atoms with Crippen LogP contribution in [0.5, 0.6) is 0 Å². The quantitative estimate of drug-likeness (QED) is 0.926. The first-order valence-electron chi connectivity index (χ1n) is 7.96. The van der Waals surface area contributed by atoms with E-state index in [1.54, 1.807) is 0 Å². The standard InChI is InChI=1S/C17H27N3O/c1-3-19(13-16-9-5-4-8-15(16)11-18)17(21)20-10-6-7-14(2)12-20/h4-5,8-9,14H,3,6-7,10-13,18H2,1-2H3. The fraction of sp³-hybridized carbons (Fsp3) is 0.588. The van der Waals surface area contributed by atoms with Crippen molar-refractivity contribution in [2.24, 2.45) is 11.7 Å². The summed E-state index contributed by atoms with van der Waals surface area (Å²) in [5.41, 5.74) is 8.07. The molecular formula is C17H27N3O. The number of carbonyl (C=O) groups excluding carboxylic acids is 1. The van der Waals surface area contributed by atoms with Gasteiger partial charge in [-0.3, -0.25) is 0 Å². The molecule has 4 nitrogen and oxygen atoms in total. The highest BCUT2D eigenvalue weighted by Crippen LogP contribution is 2.18. The van der Waals surface area contributed by atoms with Gasteiger partial charge in [0.2, 0.25) is 0 Å². The van der Waals surface area contributed by atoms with Gasteiger partial charge in [-0.2, -0.15) is 0 Å². The smallest absolute Gasteiger partial charge is 0.320 e. The van der Waals surface area contributed by atoms with Gasteiger partial charge in [-0.1, -0.05) is 31.2 Å². The molecule has 1 aromatic rings. The largest absolute Gasteiger partial charge is 0.326 e. The Hall–Kier alpha value is -1.55. The summed E-state index contributed by atoms with van der Waals surface area (Å²) >= 11 is 0. The van der Waals surface area contributed by atoms with Gasteiger partial charge in [-0.15, -0.1) is 0 Å². The van der Waals surface area contributed by atoms with E-state index in [2.05, 4.69) is 13.0 Å². The first kappa shape index (κ1) is 15.8. The van der Waals surface area contributed by atoms with Gasteiger partial charge in [0, 0.05) is 32.7 Å². The number of amides is 2. The number of nitrogens with zero attached hydrogens (tertiary/aromatic N) is 2. The molecule has 0 bridgehead atoms. The van der Waals surface area contributed by atoms with Crippen LogP contribution >= 0.6 is 0 Å². The second kappa shape index (κ2) is 7.46. The lowest BCUT2D eigenvalue weighted by molar-refractivity contribution is 0.131. The van der Waals surface area contributed by atoms with Crippen LogP contribution in [0.25, 0.3) is 0 Å². The van der Waals surface area contributed by atoms with Crippen molar-refractivity contribution in [2.45, 2.75) is 39.8 Å². The lowest BCUT2D eigenvalue weighted by Crippen LogP contribution is -2.47.